The molecule has 176 valence electrons. The molecule has 0 fully saturated rings. The zero-order chi connectivity index (χ0) is 24.4. The molecular weight excluding hydrogens is 445 g/mol. The number of fused-ring (bicyclic) bond motifs is 3. The Labute approximate surface area is 186 Å². The third-order valence-corrected chi connectivity index (χ3v) is 5.39. The van der Waals surface area contributed by atoms with Crippen molar-refractivity contribution in [2.24, 2.45) is 0 Å². The van der Waals surface area contributed by atoms with Crippen LogP contribution >= 0.6 is 0 Å². The molecule has 0 aliphatic heterocycles. The van der Waals surface area contributed by atoms with Crippen molar-refractivity contribution in [3.63, 3.8) is 0 Å². The highest BCUT2D eigenvalue weighted by Crippen LogP contribution is 2.44. The number of rotatable bonds is 7. The van der Waals surface area contributed by atoms with Crippen LogP contribution in [-0.4, -0.2) is 47.5 Å². The van der Waals surface area contributed by atoms with Crippen LogP contribution < -0.4 is 10.8 Å². The molecule has 33 heavy (non-hydrogen) atoms. The molecule has 3 N–H and O–H groups in total. The first-order chi connectivity index (χ1) is 15.5. The van der Waals surface area contributed by atoms with Gasteiger partial charge < -0.3 is 9.84 Å². The van der Waals surface area contributed by atoms with Crippen molar-refractivity contribution in [1.29, 1.82) is 0 Å². The van der Waals surface area contributed by atoms with Gasteiger partial charge in [-0.25, -0.2) is 15.1 Å². The molecule has 0 bridgehead atoms. The smallest absolute Gasteiger partial charge is 0.420 e. The molecule has 2 aromatic rings. The van der Waals surface area contributed by atoms with E-state index in [2.05, 4.69) is 4.84 Å². The van der Waals surface area contributed by atoms with Crippen LogP contribution in [0.4, 0.5) is 18.0 Å². The van der Waals surface area contributed by atoms with Gasteiger partial charge in [0.2, 0.25) is 5.54 Å². The van der Waals surface area contributed by atoms with Gasteiger partial charge in [-0.05, 0) is 36.1 Å². The Bertz CT molecular complexity index is 1030. The molecule has 1 aliphatic carbocycles. The van der Waals surface area contributed by atoms with E-state index in [0.29, 0.717) is 6.92 Å². The maximum atomic E-state index is 13.6. The van der Waals surface area contributed by atoms with Crippen LogP contribution in [0.3, 0.4) is 0 Å². The average Bonchev–Trinajstić information content (AvgIpc) is 3.08. The van der Waals surface area contributed by atoms with E-state index in [-0.39, 0.29) is 6.61 Å². The second-order valence-corrected chi connectivity index (χ2v) is 7.60. The summed E-state index contributed by atoms with van der Waals surface area (Å²) in [4.78, 5) is 39.6. The van der Waals surface area contributed by atoms with Gasteiger partial charge in [-0.1, -0.05) is 48.5 Å². The number of alkyl halides is 3. The van der Waals surface area contributed by atoms with E-state index < -0.39 is 41.7 Å². The number of halogens is 3. The lowest BCUT2D eigenvalue weighted by Crippen LogP contribution is -2.65. The van der Waals surface area contributed by atoms with Gasteiger partial charge in [0, 0.05) is 5.92 Å². The van der Waals surface area contributed by atoms with Crippen LogP contribution in [0.5, 0.6) is 0 Å². The van der Waals surface area contributed by atoms with E-state index in [1.54, 1.807) is 12.1 Å². The molecule has 2 aromatic carbocycles. The summed E-state index contributed by atoms with van der Waals surface area (Å²) in [5, 5.41) is 10.3. The maximum Gasteiger partial charge on any atom is 0.420 e. The summed E-state index contributed by atoms with van der Waals surface area (Å²) in [7, 11) is 0. The lowest BCUT2D eigenvalue weighted by atomic mass is 9.98. The number of alkyl carbamates (subject to hydrolysis) is 1. The number of benzene rings is 2. The van der Waals surface area contributed by atoms with E-state index >= 15 is 0 Å². The summed E-state index contributed by atoms with van der Waals surface area (Å²) in [6.45, 7) is 1.16. The Balaban J connectivity index is 1.72. The van der Waals surface area contributed by atoms with E-state index in [4.69, 9.17) is 9.84 Å². The van der Waals surface area contributed by atoms with E-state index in [0.717, 1.165) is 29.2 Å². The van der Waals surface area contributed by atoms with Crippen molar-refractivity contribution in [2.45, 2.75) is 37.6 Å². The summed E-state index contributed by atoms with van der Waals surface area (Å²) >= 11 is 0. The van der Waals surface area contributed by atoms with Gasteiger partial charge in [0.15, 0.2) is 6.10 Å². The number of hydroxylamine groups is 1. The van der Waals surface area contributed by atoms with Crippen LogP contribution in [0.25, 0.3) is 11.1 Å². The lowest BCUT2D eigenvalue weighted by molar-refractivity contribution is -0.202. The van der Waals surface area contributed by atoms with Gasteiger partial charge in [0.1, 0.15) is 6.61 Å². The summed E-state index contributed by atoms with van der Waals surface area (Å²) in [6.07, 6.45) is -8.32. The number of ether oxygens (including phenoxy) is 1. The number of hydrogen-bond donors (Lipinski definition) is 3. The highest BCUT2D eigenvalue weighted by Gasteiger charge is 2.58. The van der Waals surface area contributed by atoms with E-state index in [9.17, 15) is 27.6 Å². The molecule has 2 unspecified atom stereocenters. The summed E-state index contributed by atoms with van der Waals surface area (Å²) < 4.78 is 46.0. The van der Waals surface area contributed by atoms with Crippen molar-refractivity contribution >= 4 is 18.0 Å². The van der Waals surface area contributed by atoms with Gasteiger partial charge in [-0.15, -0.1) is 0 Å². The molecule has 0 saturated carbocycles. The standard InChI is InChI=1S/C22H21F3N2O6/c1-12(18(28)29)33-27-19(30)21(2,22(23,24)25)26-20(31)32-11-17-15-9-5-3-7-13(15)14-8-4-6-10-16(14)17/h3-10,12,17H,11H2,1-2H3,(H,26,31)(H,27,30)(H,28,29). The summed E-state index contributed by atoms with van der Waals surface area (Å²) in [6, 6.07) is 14.8. The maximum absolute atomic E-state index is 13.6. The molecule has 2 amide bonds. The third kappa shape index (κ3) is 4.77. The minimum atomic E-state index is -5.24. The highest BCUT2D eigenvalue weighted by atomic mass is 19.4. The molecule has 0 heterocycles. The van der Waals surface area contributed by atoms with Crippen molar-refractivity contribution in [3.05, 3.63) is 59.7 Å². The summed E-state index contributed by atoms with van der Waals surface area (Å²) in [5.74, 6) is -3.71. The molecular formula is C22H21F3N2O6. The number of carbonyl (C=O) groups is 3. The van der Waals surface area contributed by atoms with E-state index in [1.165, 1.54) is 10.8 Å². The van der Waals surface area contributed by atoms with Crippen LogP contribution in [0.1, 0.15) is 30.9 Å². The fourth-order valence-corrected chi connectivity index (χ4v) is 3.39. The number of carboxylic acid groups (broad SMARTS) is 1. The zero-order valence-corrected chi connectivity index (χ0v) is 17.6. The quantitative estimate of drug-likeness (QED) is 0.540. The normalized spacial score (nSPS) is 15.5. The Kier molecular flexibility index (Phi) is 6.63. The fourth-order valence-electron chi connectivity index (χ4n) is 3.39. The van der Waals surface area contributed by atoms with Crippen molar-refractivity contribution < 1.29 is 42.2 Å². The number of aliphatic carboxylic acids is 1. The second kappa shape index (κ2) is 9.10. The number of nitrogens with one attached hydrogen (secondary N) is 2. The minimum Gasteiger partial charge on any atom is -0.479 e. The topological polar surface area (TPSA) is 114 Å². The first-order valence-electron chi connectivity index (χ1n) is 9.84. The van der Waals surface area contributed by atoms with E-state index in [1.807, 2.05) is 36.4 Å². The predicted octanol–water partition coefficient (Wildman–Crippen LogP) is 3.37. The molecule has 0 aromatic heterocycles. The van der Waals surface area contributed by atoms with Crippen molar-refractivity contribution in [2.75, 3.05) is 6.61 Å². The number of carboxylic acids is 1. The second-order valence-electron chi connectivity index (χ2n) is 7.60. The lowest BCUT2D eigenvalue weighted by Gasteiger charge is -2.31. The predicted molar refractivity (Wildman–Crippen MR) is 109 cm³/mol. The van der Waals surface area contributed by atoms with Gasteiger partial charge in [0.25, 0.3) is 5.91 Å². The molecule has 2 atom stereocenters. The number of amides is 2. The number of hydrogen-bond acceptors (Lipinski definition) is 5. The van der Waals surface area contributed by atoms with Crippen molar-refractivity contribution in [1.82, 2.24) is 10.8 Å². The van der Waals surface area contributed by atoms with Gasteiger partial charge in [-0.2, -0.15) is 13.2 Å². The minimum absolute atomic E-state index is 0.262. The molecule has 11 heteroatoms. The molecule has 1 aliphatic rings. The molecule has 3 rings (SSSR count). The Morgan fingerprint density at radius 2 is 1.55 bits per heavy atom. The largest absolute Gasteiger partial charge is 0.479 e. The molecule has 0 radical (unpaired) electrons. The van der Waals surface area contributed by atoms with Crippen LogP contribution in [0, 0.1) is 0 Å². The SMILES string of the molecule is CC(ONC(=O)C(C)(NC(=O)OCC1c2ccccc2-c2ccccc21)C(F)(F)F)C(=O)O. The number of carbonyl (C=O) groups excluding carboxylic acids is 2. The van der Waals surface area contributed by atoms with Crippen LogP contribution in [0.2, 0.25) is 0 Å². The third-order valence-electron chi connectivity index (χ3n) is 5.39. The Morgan fingerprint density at radius 1 is 1.03 bits per heavy atom. The summed E-state index contributed by atoms with van der Waals surface area (Å²) in [5.41, 5.74) is 1.59. The van der Waals surface area contributed by atoms with Crippen LogP contribution in [-0.2, 0) is 19.2 Å². The van der Waals surface area contributed by atoms with Crippen LogP contribution in [0.15, 0.2) is 48.5 Å². The van der Waals surface area contributed by atoms with Gasteiger partial charge in [0.05, 0.1) is 0 Å². The first kappa shape index (κ1) is 24.1. The fraction of sp³-hybridized carbons (Fsp3) is 0.318. The molecule has 0 spiro atoms. The van der Waals surface area contributed by atoms with Crippen molar-refractivity contribution in [3.8, 4) is 11.1 Å². The first-order valence-corrected chi connectivity index (χ1v) is 9.84. The average molecular weight is 466 g/mol. The Hall–Kier alpha value is -3.60. The zero-order valence-electron chi connectivity index (χ0n) is 17.6. The molecule has 0 saturated heterocycles. The Morgan fingerprint density at radius 3 is 2.03 bits per heavy atom. The van der Waals surface area contributed by atoms with Gasteiger partial charge >= 0.3 is 18.2 Å². The highest BCUT2D eigenvalue weighted by molar-refractivity contribution is 5.90. The molecule has 8 nitrogen and oxygen atoms in total. The van der Waals surface area contributed by atoms with Gasteiger partial charge in [-0.3, -0.25) is 14.9 Å². The monoisotopic (exact) mass is 466 g/mol.